The fourth-order valence-corrected chi connectivity index (χ4v) is 3.48. The Bertz CT molecular complexity index is 1310. The highest BCUT2D eigenvalue weighted by molar-refractivity contribution is 6.50. The summed E-state index contributed by atoms with van der Waals surface area (Å²) in [4.78, 5) is 19.8. The second-order valence-corrected chi connectivity index (χ2v) is 7.47. The highest BCUT2D eigenvalue weighted by atomic mass is 35.5. The lowest BCUT2D eigenvalue weighted by Crippen LogP contribution is -2.11. The van der Waals surface area contributed by atoms with Crippen LogP contribution in [0.25, 0.3) is 22.0 Å². The molecule has 5 nitrogen and oxygen atoms in total. The Hall–Kier alpha value is -3.57. The zero-order valence-electron chi connectivity index (χ0n) is 17.2. The van der Waals surface area contributed by atoms with Crippen LogP contribution in [0.3, 0.4) is 0 Å². The Balaban J connectivity index is 1.65. The molecular formula is C25H21ClN2O3. The Kier molecular flexibility index (Phi) is 6.05. The molecule has 0 fully saturated rings. The van der Waals surface area contributed by atoms with Gasteiger partial charge in [0.1, 0.15) is 6.61 Å². The van der Waals surface area contributed by atoms with E-state index < -0.39 is 0 Å². The summed E-state index contributed by atoms with van der Waals surface area (Å²) in [5.41, 5.74) is 3.17. The third kappa shape index (κ3) is 4.62. The van der Waals surface area contributed by atoms with Gasteiger partial charge in [0.05, 0.1) is 23.0 Å². The van der Waals surface area contributed by atoms with Gasteiger partial charge < -0.3 is 14.5 Å². The molecule has 0 unspecified atom stereocenters. The number of H-pyrrole nitrogens is 1. The summed E-state index contributed by atoms with van der Waals surface area (Å²) >= 11 is 6.52. The van der Waals surface area contributed by atoms with E-state index in [1.54, 1.807) is 19.3 Å². The lowest BCUT2D eigenvalue weighted by atomic mass is 10.1. The first-order valence-electron chi connectivity index (χ1n) is 9.77. The number of hydrogen-bond donors (Lipinski definition) is 1. The molecule has 0 amide bonds. The van der Waals surface area contributed by atoms with Gasteiger partial charge in [0, 0.05) is 0 Å². The van der Waals surface area contributed by atoms with E-state index in [4.69, 9.17) is 21.1 Å². The van der Waals surface area contributed by atoms with E-state index >= 15 is 0 Å². The van der Waals surface area contributed by atoms with Crippen LogP contribution in [0.4, 0.5) is 0 Å². The summed E-state index contributed by atoms with van der Waals surface area (Å²) in [5.74, 6) is 1.54. The molecule has 0 radical (unpaired) electrons. The topological polar surface area (TPSA) is 64.2 Å². The number of aryl methyl sites for hydroxylation is 1. The van der Waals surface area contributed by atoms with Crippen LogP contribution in [-0.4, -0.2) is 17.1 Å². The maximum absolute atomic E-state index is 12.4. The normalized spacial score (nSPS) is 11.5. The number of halogens is 1. The summed E-state index contributed by atoms with van der Waals surface area (Å²) < 4.78 is 11.4. The average molecular weight is 433 g/mol. The van der Waals surface area contributed by atoms with Crippen molar-refractivity contribution in [2.24, 2.45) is 0 Å². The summed E-state index contributed by atoms with van der Waals surface area (Å²) in [6.07, 6.45) is 1.73. The van der Waals surface area contributed by atoms with Crippen molar-refractivity contribution in [3.05, 3.63) is 99.6 Å². The number of fused-ring (bicyclic) bond motifs is 1. The third-order valence-electron chi connectivity index (χ3n) is 4.88. The van der Waals surface area contributed by atoms with Crippen LogP contribution in [0, 0.1) is 6.92 Å². The largest absolute Gasteiger partial charge is 0.493 e. The number of nitrogens with one attached hydrogen (secondary N) is 1. The molecule has 4 aromatic rings. The van der Waals surface area contributed by atoms with Crippen LogP contribution >= 0.6 is 11.6 Å². The Morgan fingerprint density at radius 3 is 2.65 bits per heavy atom. The van der Waals surface area contributed by atoms with E-state index in [9.17, 15) is 4.79 Å². The molecule has 0 saturated carbocycles. The minimum absolute atomic E-state index is 0.225. The second kappa shape index (κ2) is 9.06. The van der Waals surface area contributed by atoms with Crippen molar-refractivity contribution in [3.8, 4) is 11.5 Å². The molecule has 3 aromatic carbocycles. The number of aromatic amines is 1. The van der Waals surface area contributed by atoms with E-state index in [1.807, 2.05) is 67.6 Å². The van der Waals surface area contributed by atoms with E-state index in [0.29, 0.717) is 39.9 Å². The van der Waals surface area contributed by atoms with Crippen molar-refractivity contribution >= 4 is 33.6 Å². The first-order chi connectivity index (χ1) is 15.0. The molecule has 4 rings (SSSR count). The fraction of sp³-hybridized carbons (Fsp3) is 0.120. The van der Waals surface area contributed by atoms with Gasteiger partial charge in [0.15, 0.2) is 17.3 Å². The van der Waals surface area contributed by atoms with Gasteiger partial charge in [-0.25, -0.2) is 4.98 Å². The zero-order valence-corrected chi connectivity index (χ0v) is 17.9. The summed E-state index contributed by atoms with van der Waals surface area (Å²) in [7, 11) is 1.60. The van der Waals surface area contributed by atoms with Crippen LogP contribution < -0.4 is 15.0 Å². The van der Waals surface area contributed by atoms with Crippen molar-refractivity contribution < 1.29 is 9.47 Å². The Morgan fingerprint density at radius 1 is 1.06 bits per heavy atom. The first-order valence-corrected chi connectivity index (χ1v) is 10.1. The molecule has 0 aliphatic rings. The Labute approximate surface area is 184 Å². The Morgan fingerprint density at radius 2 is 1.87 bits per heavy atom. The van der Waals surface area contributed by atoms with Crippen LogP contribution in [-0.2, 0) is 6.61 Å². The van der Waals surface area contributed by atoms with Gasteiger partial charge in [-0.2, -0.15) is 0 Å². The summed E-state index contributed by atoms with van der Waals surface area (Å²) in [6.45, 7) is 2.33. The molecule has 0 atom stereocenters. The molecule has 0 aliphatic heterocycles. The monoisotopic (exact) mass is 432 g/mol. The standard InChI is InChI=1S/C25H21ClN2O3/c1-16-7-6-10-19-23(16)27-24(28-25(19)29)20(26)13-18-11-12-21(30-2)22(14-18)31-15-17-8-4-3-5-9-17/h3-14H,15H2,1-2H3,(H,27,28,29). The molecule has 0 aliphatic carbocycles. The molecule has 0 bridgehead atoms. The van der Waals surface area contributed by atoms with E-state index in [2.05, 4.69) is 9.97 Å². The molecule has 0 spiro atoms. The van der Waals surface area contributed by atoms with E-state index in [-0.39, 0.29) is 5.56 Å². The van der Waals surface area contributed by atoms with Crippen molar-refractivity contribution in [1.82, 2.24) is 9.97 Å². The van der Waals surface area contributed by atoms with Crippen molar-refractivity contribution in [1.29, 1.82) is 0 Å². The smallest absolute Gasteiger partial charge is 0.259 e. The predicted octanol–water partition coefficient (Wildman–Crippen LogP) is 5.56. The van der Waals surface area contributed by atoms with Crippen molar-refractivity contribution in [2.75, 3.05) is 7.11 Å². The van der Waals surface area contributed by atoms with Crippen molar-refractivity contribution in [3.63, 3.8) is 0 Å². The van der Waals surface area contributed by atoms with Gasteiger partial charge in [0.25, 0.3) is 5.56 Å². The number of aromatic nitrogens is 2. The number of hydrogen-bond acceptors (Lipinski definition) is 4. The highest BCUT2D eigenvalue weighted by Crippen LogP contribution is 2.31. The van der Waals surface area contributed by atoms with E-state index in [1.165, 1.54) is 0 Å². The van der Waals surface area contributed by atoms with Gasteiger partial charge in [0.2, 0.25) is 0 Å². The highest BCUT2D eigenvalue weighted by Gasteiger charge is 2.10. The molecule has 6 heteroatoms. The van der Waals surface area contributed by atoms with Crippen LogP contribution in [0.1, 0.15) is 22.5 Å². The van der Waals surface area contributed by atoms with Gasteiger partial charge in [-0.15, -0.1) is 0 Å². The maximum Gasteiger partial charge on any atom is 0.259 e. The fourth-order valence-electron chi connectivity index (χ4n) is 3.26. The number of nitrogens with zero attached hydrogens (tertiary/aromatic N) is 1. The lowest BCUT2D eigenvalue weighted by molar-refractivity contribution is 0.284. The number of para-hydroxylation sites is 1. The average Bonchev–Trinajstić information content (AvgIpc) is 2.79. The first kappa shape index (κ1) is 20.7. The molecule has 156 valence electrons. The zero-order chi connectivity index (χ0) is 21.8. The van der Waals surface area contributed by atoms with Crippen LogP contribution in [0.2, 0.25) is 0 Å². The molecule has 31 heavy (non-hydrogen) atoms. The number of ether oxygens (including phenoxy) is 2. The summed E-state index contributed by atoms with van der Waals surface area (Å²) in [6, 6.07) is 20.9. The summed E-state index contributed by atoms with van der Waals surface area (Å²) in [5, 5.41) is 0.857. The third-order valence-corrected chi connectivity index (χ3v) is 5.17. The molecule has 1 aromatic heterocycles. The maximum atomic E-state index is 12.4. The van der Waals surface area contributed by atoms with E-state index in [0.717, 1.165) is 16.7 Å². The van der Waals surface area contributed by atoms with Gasteiger partial charge in [-0.3, -0.25) is 4.79 Å². The van der Waals surface area contributed by atoms with Crippen LogP contribution in [0.15, 0.2) is 71.5 Å². The van der Waals surface area contributed by atoms with Gasteiger partial charge in [-0.05, 0) is 47.9 Å². The van der Waals surface area contributed by atoms with Gasteiger partial charge in [-0.1, -0.05) is 60.1 Å². The number of rotatable bonds is 6. The van der Waals surface area contributed by atoms with Gasteiger partial charge >= 0.3 is 0 Å². The van der Waals surface area contributed by atoms with Crippen LogP contribution in [0.5, 0.6) is 11.5 Å². The SMILES string of the molecule is COc1ccc(C=C(Cl)c2nc3c(C)cccc3c(=O)[nH]2)cc1OCc1ccccc1. The second-order valence-electron chi connectivity index (χ2n) is 7.06. The van der Waals surface area contributed by atoms with Crippen molar-refractivity contribution in [2.45, 2.75) is 13.5 Å². The molecular weight excluding hydrogens is 412 g/mol. The predicted molar refractivity (Wildman–Crippen MR) is 125 cm³/mol. The molecule has 1 heterocycles. The molecule has 1 N–H and O–H groups in total. The minimum atomic E-state index is -0.225. The quantitative estimate of drug-likeness (QED) is 0.433. The minimum Gasteiger partial charge on any atom is -0.493 e. The lowest BCUT2D eigenvalue weighted by Gasteiger charge is -2.12. The number of benzene rings is 3. The molecule has 0 saturated heterocycles. The number of methoxy groups -OCH3 is 1.